The first-order valence-corrected chi connectivity index (χ1v) is 12.7. The van der Waals surface area contributed by atoms with Crippen LogP contribution in [0.5, 0.6) is 11.5 Å². The standard InChI is InChI=1S/C31H30FN3O2/c1-36-28-8-5-22(17-29(28)37-2)24-16-26-15-23(11-14-35(26)19-24)27-18-34-31(21-3-6-25(32)7-4-21)30(27)20-9-12-33-13-10-20/h3-10,12-13,15,17-18,24,26,34H,11,14,16,19H2,1-2H3/t24-,26-/m1/s1. The van der Waals surface area contributed by atoms with Crippen LogP contribution >= 0.6 is 0 Å². The number of aromatic amines is 1. The Morgan fingerprint density at radius 1 is 0.946 bits per heavy atom. The summed E-state index contributed by atoms with van der Waals surface area (Å²) in [7, 11) is 3.36. The van der Waals surface area contributed by atoms with Crippen molar-refractivity contribution >= 4 is 5.57 Å². The Bertz CT molecular complexity index is 1430. The molecule has 0 aliphatic carbocycles. The van der Waals surface area contributed by atoms with Crippen molar-refractivity contribution in [2.45, 2.75) is 24.8 Å². The second-order valence-electron chi connectivity index (χ2n) is 9.75. The van der Waals surface area contributed by atoms with Crippen LogP contribution < -0.4 is 9.47 Å². The number of ether oxygens (including phenoxy) is 2. The molecule has 2 aromatic carbocycles. The van der Waals surface area contributed by atoms with Crippen molar-refractivity contribution in [3.8, 4) is 33.9 Å². The molecule has 0 spiro atoms. The number of hydrogen-bond acceptors (Lipinski definition) is 4. The quantitative estimate of drug-likeness (QED) is 0.330. The van der Waals surface area contributed by atoms with Crippen molar-refractivity contribution in [1.29, 1.82) is 0 Å². The summed E-state index contributed by atoms with van der Waals surface area (Å²) in [5, 5.41) is 0. The molecule has 2 aliphatic heterocycles. The fourth-order valence-electron chi connectivity index (χ4n) is 5.86. The van der Waals surface area contributed by atoms with Gasteiger partial charge in [0.2, 0.25) is 0 Å². The average Bonchev–Trinajstić information content (AvgIpc) is 3.58. The average molecular weight is 496 g/mol. The number of pyridine rings is 1. The largest absolute Gasteiger partial charge is 0.493 e. The molecule has 188 valence electrons. The molecule has 4 aromatic rings. The van der Waals surface area contributed by atoms with Gasteiger partial charge in [0.15, 0.2) is 11.5 Å². The van der Waals surface area contributed by atoms with Crippen LogP contribution in [0.3, 0.4) is 0 Å². The molecule has 6 heteroatoms. The van der Waals surface area contributed by atoms with Gasteiger partial charge in [-0.15, -0.1) is 0 Å². The lowest BCUT2D eigenvalue weighted by Gasteiger charge is -2.28. The van der Waals surface area contributed by atoms with Crippen LogP contribution in [0.25, 0.3) is 28.0 Å². The van der Waals surface area contributed by atoms with Gasteiger partial charge in [0.25, 0.3) is 0 Å². The Morgan fingerprint density at radius 3 is 2.49 bits per heavy atom. The van der Waals surface area contributed by atoms with E-state index in [4.69, 9.17) is 9.47 Å². The topological polar surface area (TPSA) is 50.4 Å². The first-order valence-electron chi connectivity index (χ1n) is 12.7. The number of fused-ring (bicyclic) bond motifs is 1. The second kappa shape index (κ2) is 9.87. The fourth-order valence-corrected chi connectivity index (χ4v) is 5.86. The van der Waals surface area contributed by atoms with Gasteiger partial charge in [0.05, 0.1) is 19.9 Å². The Morgan fingerprint density at radius 2 is 1.73 bits per heavy atom. The van der Waals surface area contributed by atoms with Gasteiger partial charge in [-0.2, -0.15) is 0 Å². The van der Waals surface area contributed by atoms with Gasteiger partial charge in [-0.3, -0.25) is 9.88 Å². The Hall–Kier alpha value is -3.90. The second-order valence-corrected chi connectivity index (χ2v) is 9.75. The number of hydrogen-bond donors (Lipinski definition) is 1. The Labute approximate surface area is 216 Å². The summed E-state index contributed by atoms with van der Waals surface area (Å²) < 4.78 is 24.6. The maximum atomic E-state index is 13.6. The van der Waals surface area contributed by atoms with E-state index in [9.17, 15) is 4.39 Å². The predicted octanol–water partition coefficient (Wildman–Crippen LogP) is 6.55. The summed E-state index contributed by atoms with van der Waals surface area (Å²) in [4.78, 5) is 10.3. The molecule has 1 N–H and O–H groups in total. The van der Waals surface area contributed by atoms with Crippen LogP contribution in [-0.2, 0) is 0 Å². The molecule has 1 fully saturated rings. The lowest BCUT2D eigenvalue weighted by atomic mass is 9.90. The maximum Gasteiger partial charge on any atom is 0.160 e. The van der Waals surface area contributed by atoms with E-state index in [2.05, 4.69) is 39.3 Å². The van der Waals surface area contributed by atoms with E-state index < -0.39 is 0 Å². The van der Waals surface area contributed by atoms with E-state index in [0.29, 0.717) is 12.0 Å². The van der Waals surface area contributed by atoms with Gasteiger partial charge in [0.1, 0.15) is 5.82 Å². The molecule has 2 aliphatic rings. The van der Waals surface area contributed by atoms with E-state index in [1.54, 1.807) is 14.2 Å². The zero-order chi connectivity index (χ0) is 25.4. The number of benzene rings is 2. The summed E-state index contributed by atoms with van der Waals surface area (Å²) in [6.45, 7) is 2.06. The van der Waals surface area contributed by atoms with Gasteiger partial charge >= 0.3 is 0 Å². The lowest BCUT2D eigenvalue weighted by Crippen LogP contribution is -2.32. The van der Waals surface area contributed by atoms with Crippen LogP contribution in [0.1, 0.15) is 29.9 Å². The van der Waals surface area contributed by atoms with Crippen LogP contribution in [0, 0.1) is 5.82 Å². The van der Waals surface area contributed by atoms with Gasteiger partial charge < -0.3 is 14.5 Å². The molecular formula is C31H30FN3O2. The minimum atomic E-state index is -0.235. The zero-order valence-electron chi connectivity index (χ0n) is 21.1. The number of H-pyrrole nitrogens is 1. The smallest absolute Gasteiger partial charge is 0.160 e. The highest BCUT2D eigenvalue weighted by Crippen LogP contribution is 2.43. The van der Waals surface area contributed by atoms with E-state index in [-0.39, 0.29) is 5.82 Å². The fraction of sp³-hybridized carbons (Fsp3) is 0.258. The highest BCUT2D eigenvalue weighted by molar-refractivity contribution is 5.91. The summed E-state index contributed by atoms with van der Waals surface area (Å²) in [5.74, 6) is 1.75. The highest BCUT2D eigenvalue weighted by atomic mass is 19.1. The van der Waals surface area contributed by atoms with E-state index in [1.165, 1.54) is 28.8 Å². The minimum Gasteiger partial charge on any atom is -0.493 e. The molecule has 0 amide bonds. The summed E-state index contributed by atoms with van der Waals surface area (Å²) >= 11 is 0. The normalized spacial score (nSPS) is 19.4. The van der Waals surface area contributed by atoms with Crippen molar-refractivity contribution in [3.05, 3.63) is 96.2 Å². The van der Waals surface area contributed by atoms with Gasteiger partial charge in [-0.1, -0.05) is 12.1 Å². The van der Waals surface area contributed by atoms with Gasteiger partial charge in [-0.05, 0) is 89.6 Å². The Balaban J connectivity index is 1.34. The summed E-state index contributed by atoms with van der Waals surface area (Å²) in [6.07, 6.45) is 10.3. The third-order valence-corrected chi connectivity index (χ3v) is 7.72. The minimum absolute atomic E-state index is 0.235. The van der Waals surface area contributed by atoms with Crippen molar-refractivity contribution in [2.24, 2.45) is 0 Å². The van der Waals surface area contributed by atoms with Crippen LogP contribution in [-0.4, -0.2) is 48.2 Å². The zero-order valence-corrected chi connectivity index (χ0v) is 21.1. The Kier molecular flexibility index (Phi) is 6.26. The van der Waals surface area contributed by atoms with Crippen LogP contribution in [0.4, 0.5) is 4.39 Å². The van der Waals surface area contributed by atoms with Crippen LogP contribution in [0.2, 0.25) is 0 Å². The molecular weight excluding hydrogens is 465 g/mol. The monoisotopic (exact) mass is 495 g/mol. The van der Waals surface area contributed by atoms with Crippen molar-refractivity contribution in [1.82, 2.24) is 14.9 Å². The predicted molar refractivity (Wildman–Crippen MR) is 144 cm³/mol. The molecule has 0 saturated carbocycles. The number of nitrogens with zero attached hydrogens (tertiary/aromatic N) is 2. The molecule has 0 radical (unpaired) electrons. The van der Waals surface area contributed by atoms with Crippen molar-refractivity contribution < 1.29 is 13.9 Å². The summed E-state index contributed by atoms with van der Waals surface area (Å²) in [5.41, 5.74) is 8.06. The lowest BCUT2D eigenvalue weighted by molar-refractivity contribution is 0.286. The van der Waals surface area contributed by atoms with Crippen molar-refractivity contribution in [3.63, 3.8) is 0 Å². The molecule has 2 aromatic heterocycles. The molecule has 37 heavy (non-hydrogen) atoms. The third-order valence-electron chi connectivity index (χ3n) is 7.72. The molecule has 5 nitrogen and oxygen atoms in total. The maximum absolute atomic E-state index is 13.6. The highest BCUT2D eigenvalue weighted by Gasteiger charge is 2.35. The third kappa shape index (κ3) is 4.42. The molecule has 4 heterocycles. The van der Waals surface area contributed by atoms with Crippen molar-refractivity contribution in [2.75, 3.05) is 27.3 Å². The first kappa shape index (κ1) is 23.5. The van der Waals surface area contributed by atoms with Crippen LogP contribution in [0.15, 0.2) is 79.3 Å². The first-order chi connectivity index (χ1) is 18.1. The van der Waals surface area contributed by atoms with E-state index in [0.717, 1.165) is 59.8 Å². The van der Waals surface area contributed by atoms with E-state index >= 15 is 0 Å². The van der Waals surface area contributed by atoms with Gasteiger partial charge in [-0.25, -0.2) is 4.39 Å². The SMILES string of the molecule is COc1ccc([C@@H]2C[C@H]3C=C(c4c[nH]c(-c5ccc(F)cc5)c4-c4ccncc4)CCN3C2)cc1OC. The molecule has 0 bridgehead atoms. The molecule has 2 atom stereocenters. The number of rotatable bonds is 6. The van der Waals surface area contributed by atoms with E-state index in [1.807, 2.05) is 42.7 Å². The summed E-state index contributed by atoms with van der Waals surface area (Å²) in [6, 6.07) is 17.4. The van der Waals surface area contributed by atoms with Gasteiger partial charge in [0, 0.05) is 48.8 Å². The molecule has 0 unspecified atom stereocenters. The number of aromatic nitrogens is 2. The number of nitrogens with one attached hydrogen (secondary N) is 1. The number of halogens is 1. The molecule has 6 rings (SSSR count). The molecule has 1 saturated heterocycles. The number of methoxy groups -OCH3 is 2.